The van der Waals surface area contributed by atoms with Gasteiger partial charge >= 0.3 is 5.97 Å². The highest BCUT2D eigenvalue weighted by molar-refractivity contribution is 5.74. The van der Waals surface area contributed by atoms with Crippen molar-refractivity contribution < 1.29 is 14.3 Å². The summed E-state index contributed by atoms with van der Waals surface area (Å²) in [7, 11) is 3.65. The maximum atomic E-state index is 11.5. The third kappa shape index (κ3) is 4.64. The predicted octanol–water partition coefficient (Wildman–Crippen LogP) is 0.738. The van der Waals surface area contributed by atoms with Crippen molar-refractivity contribution in [2.45, 2.75) is 32.7 Å². The number of ether oxygens (including phenoxy) is 1. The Morgan fingerprint density at radius 3 is 2.61 bits per heavy atom. The van der Waals surface area contributed by atoms with E-state index in [0.29, 0.717) is 12.5 Å². The van der Waals surface area contributed by atoms with E-state index in [2.05, 4.69) is 6.92 Å². The zero-order valence-electron chi connectivity index (χ0n) is 11.8. The van der Waals surface area contributed by atoms with E-state index in [0.717, 1.165) is 19.4 Å². The van der Waals surface area contributed by atoms with Crippen molar-refractivity contribution in [3.63, 3.8) is 0 Å². The minimum atomic E-state index is -0.235. The van der Waals surface area contributed by atoms with Crippen LogP contribution in [0.25, 0.3) is 0 Å². The fourth-order valence-electron chi connectivity index (χ4n) is 2.32. The van der Waals surface area contributed by atoms with Crippen LogP contribution in [-0.2, 0) is 14.3 Å². The van der Waals surface area contributed by atoms with Crippen LogP contribution in [0.2, 0.25) is 0 Å². The fourth-order valence-corrected chi connectivity index (χ4v) is 2.32. The minimum absolute atomic E-state index is 0.0392. The molecule has 1 aliphatic heterocycles. The predicted molar refractivity (Wildman–Crippen MR) is 69.1 cm³/mol. The molecular formula is C13H24N2O3. The standard InChI is InChI=1S/C13H24N2O3/c1-10-5-6-15(11(2)16)12(7-10)9-18-13(17)8-14(3)4/h10,12H,5-9H2,1-4H3. The smallest absolute Gasteiger partial charge is 0.320 e. The second-order valence-corrected chi connectivity index (χ2v) is 5.42. The summed E-state index contributed by atoms with van der Waals surface area (Å²) in [6, 6.07) is 0.0392. The monoisotopic (exact) mass is 256 g/mol. The number of esters is 1. The molecule has 1 amide bonds. The van der Waals surface area contributed by atoms with Crippen molar-refractivity contribution in [1.82, 2.24) is 9.80 Å². The first-order valence-corrected chi connectivity index (χ1v) is 6.47. The summed E-state index contributed by atoms with van der Waals surface area (Å²) < 4.78 is 5.25. The molecule has 104 valence electrons. The molecule has 0 bridgehead atoms. The molecule has 0 spiro atoms. The lowest BCUT2D eigenvalue weighted by Gasteiger charge is -2.37. The lowest BCUT2D eigenvalue weighted by atomic mass is 9.93. The van der Waals surface area contributed by atoms with Gasteiger partial charge < -0.3 is 9.64 Å². The van der Waals surface area contributed by atoms with E-state index >= 15 is 0 Å². The van der Waals surface area contributed by atoms with Gasteiger partial charge in [0, 0.05) is 13.5 Å². The van der Waals surface area contributed by atoms with Crippen molar-refractivity contribution in [1.29, 1.82) is 0 Å². The molecular weight excluding hydrogens is 232 g/mol. The van der Waals surface area contributed by atoms with E-state index in [1.165, 1.54) is 0 Å². The Morgan fingerprint density at radius 2 is 2.06 bits per heavy atom. The normalized spacial score (nSPS) is 24.2. The number of carbonyl (C=O) groups excluding carboxylic acids is 2. The van der Waals surface area contributed by atoms with Crippen LogP contribution in [0.4, 0.5) is 0 Å². The Morgan fingerprint density at radius 1 is 1.39 bits per heavy atom. The van der Waals surface area contributed by atoms with Gasteiger partial charge in [-0.2, -0.15) is 0 Å². The molecule has 1 heterocycles. The Kier molecular flexibility index (Phi) is 5.59. The molecule has 0 saturated carbocycles. The van der Waals surface area contributed by atoms with E-state index < -0.39 is 0 Å². The third-order valence-corrected chi connectivity index (χ3v) is 3.26. The molecule has 0 N–H and O–H groups in total. The average Bonchev–Trinajstić information content (AvgIpc) is 2.25. The summed E-state index contributed by atoms with van der Waals surface area (Å²) in [4.78, 5) is 26.6. The topological polar surface area (TPSA) is 49.9 Å². The second kappa shape index (κ2) is 6.73. The van der Waals surface area contributed by atoms with Crippen molar-refractivity contribution >= 4 is 11.9 Å². The van der Waals surface area contributed by atoms with E-state index in [9.17, 15) is 9.59 Å². The van der Waals surface area contributed by atoms with Gasteiger partial charge in [-0.1, -0.05) is 6.92 Å². The molecule has 1 rings (SSSR count). The van der Waals surface area contributed by atoms with Gasteiger partial charge in [0.1, 0.15) is 6.61 Å². The molecule has 18 heavy (non-hydrogen) atoms. The summed E-state index contributed by atoms with van der Waals surface area (Å²) in [5.74, 6) is 0.412. The Hall–Kier alpha value is -1.10. The first kappa shape index (κ1) is 15.0. The van der Waals surface area contributed by atoms with Gasteiger partial charge in [-0.25, -0.2) is 0 Å². The maximum absolute atomic E-state index is 11.5. The van der Waals surface area contributed by atoms with E-state index in [4.69, 9.17) is 4.74 Å². The number of piperidine rings is 1. The van der Waals surface area contributed by atoms with Crippen LogP contribution < -0.4 is 0 Å². The third-order valence-electron chi connectivity index (χ3n) is 3.26. The number of amides is 1. The van der Waals surface area contributed by atoms with Gasteiger partial charge in [-0.15, -0.1) is 0 Å². The molecule has 0 aromatic carbocycles. The zero-order valence-corrected chi connectivity index (χ0v) is 11.8. The largest absolute Gasteiger partial charge is 0.463 e. The molecule has 1 saturated heterocycles. The van der Waals surface area contributed by atoms with Gasteiger partial charge in [0.15, 0.2) is 0 Å². The highest BCUT2D eigenvalue weighted by atomic mass is 16.5. The minimum Gasteiger partial charge on any atom is -0.463 e. The fraction of sp³-hybridized carbons (Fsp3) is 0.846. The maximum Gasteiger partial charge on any atom is 0.320 e. The van der Waals surface area contributed by atoms with E-state index in [1.807, 2.05) is 19.0 Å². The molecule has 0 aromatic heterocycles. The van der Waals surface area contributed by atoms with E-state index in [1.54, 1.807) is 11.8 Å². The Balaban J connectivity index is 2.46. The molecule has 0 aliphatic carbocycles. The molecule has 5 heteroatoms. The summed E-state index contributed by atoms with van der Waals surface area (Å²) in [6.07, 6.45) is 1.94. The number of likely N-dealkylation sites (N-methyl/N-ethyl adjacent to an activating group) is 1. The van der Waals surface area contributed by atoms with Gasteiger partial charge in [0.25, 0.3) is 0 Å². The van der Waals surface area contributed by atoms with Gasteiger partial charge in [0.05, 0.1) is 12.6 Å². The van der Waals surface area contributed by atoms with Crippen LogP contribution in [0.5, 0.6) is 0 Å². The number of hydrogen-bond acceptors (Lipinski definition) is 4. The van der Waals surface area contributed by atoms with Crippen LogP contribution >= 0.6 is 0 Å². The molecule has 0 radical (unpaired) electrons. The Labute approximate surface area is 109 Å². The summed E-state index contributed by atoms with van der Waals surface area (Å²) in [5, 5.41) is 0. The molecule has 1 aliphatic rings. The van der Waals surface area contributed by atoms with Crippen molar-refractivity contribution in [3.05, 3.63) is 0 Å². The number of likely N-dealkylation sites (tertiary alicyclic amines) is 1. The molecule has 0 aromatic rings. The van der Waals surface area contributed by atoms with Crippen LogP contribution in [0.15, 0.2) is 0 Å². The zero-order chi connectivity index (χ0) is 13.7. The summed E-state index contributed by atoms with van der Waals surface area (Å²) >= 11 is 0. The van der Waals surface area contributed by atoms with E-state index in [-0.39, 0.29) is 24.5 Å². The SMILES string of the molecule is CC(=O)N1CCC(C)CC1COC(=O)CN(C)C. The summed E-state index contributed by atoms with van der Waals surface area (Å²) in [6.45, 7) is 5.11. The van der Waals surface area contributed by atoms with Crippen molar-refractivity contribution in [3.8, 4) is 0 Å². The highest BCUT2D eigenvalue weighted by Crippen LogP contribution is 2.22. The van der Waals surface area contributed by atoms with Gasteiger partial charge in [-0.3, -0.25) is 14.5 Å². The average molecular weight is 256 g/mol. The first-order valence-electron chi connectivity index (χ1n) is 6.47. The number of hydrogen-bond donors (Lipinski definition) is 0. The molecule has 5 nitrogen and oxygen atoms in total. The Bertz CT molecular complexity index is 305. The van der Waals surface area contributed by atoms with Crippen LogP contribution in [0.3, 0.4) is 0 Å². The van der Waals surface area contributed by atoms with Crippen LogP contribution in [0.1, 0.15) is 26.7 Å². The van der Waals surface area contributed by atoms with Gasteiger partial charge in [-0.05, 0) is 32.9 Å². The summed E-state index contributed by atoms with van der Waals surface area (Å²) in [5.41, 5.74) is 0. The van der Waals surface area contributed by atoms with Crippen molar-refractivity contribution in [2.75, 3.05) is 33.8 Å². The first-order chi connectivity index (χ1) is 8.40. The lowest BCUT2D eigenvalue weighted by molar-refractivity contribution is -0.150. The number of rotatable bonds is 4. The quantitative estimate of drug-likeness (QED) is 0.696. The van der Waals surface area contributed by atoms with Crippen LogP contribution in [-0.4, -0.2) is 61.5 Å². The molecule has 1 fully saturated rings. The second-order valence-electron chi connectivity index (χ2n) is 5.42. The van der Waals surface area contributed by atoms with Crippen molar-refractivity contribution in [2.24, 2.45) is 5.92 Å². The van der Waals surface area contributed by atoms with Crippen LogP contribution in [0, 0.1) is 5.92 Å². The lowest BCUT2D eigenvalue weighted by Crippen LogP contribution is -2.47. The number of nitrogens with zero attached hydrogens (tertiary/aromatic N) is 2. The van der Waals surface area contributed by atoms with Gasteiger partial charge in [0.2, 0.25) is 5.91 Å². The number of carbonyl (C=O) groups is 2. The molecule has 2 unspecified atom stereocenters. The highest BCUT2D eigenvalue weighted by Gasteiger charge is 2.28. The molecule has 2 atom stereocenters.